The predicted molar refractivity (Wildman–Crippen MR) is 68.7 cm³/mol. The molecule has 4 nitrogen and oxygen atoms in total. The van der Waals surface area contributed by atoms with Gasteiger partial charge in [0.2, 0.25) is 0 Å². The zero-order valence-electron chi connectivity index (χ0n) is 10.1. The minimum Gasteiger partial charge on any atom is -0.396 e. The van der Waals surface area contributed by atoms with Crippen molar-refractivity contribution in [1.82, 2.24) is 0 Å². The average Bonchev–Trinajstić information content (AvgIpc) is 2.32. The molecule has 0 amide bonds. The van der Waals surface area contributed by atoms with Gasteiger partial charge in [-0.15, -0.1) is 0 Å². The minimum atomic E-state index is -3.07. The van der Waals surface area contributed by atoms with Crippen LogP contribution in [-0.2, 0) is 9.84 Å². The van der Waals surface area contributed by atoms with Crippen molar-refractivity contribution in [2.24, 2.45) is 0 Å². The van der Waals surface area contributed by atoms with Crippen LogP contribution >= 0.6 is 0 Å². The number of benzene rings is 1. The molecule has 0 bridgehead atoms. The largest absolute Gasteiger partial charge is 0.396 e. The van der Waals surface area contributed by atoms with Crippen molar-refractivity contribution in [2.45, 2.75) is 19.8 Å². The fraction of sp³-hybridized carbons (Fsp3) is 0.417. The van der Waals surface area contributed by atoms with Crippen molar-refractivity contribution in [2.75, 3.05) is 17.2 Å². The summed E-state index contributed by atoms with van der Waals surface area (Å²) in [5, 5.41) is 0. The van der Waals surface area contributed by atoms with Gasteiger partial charge in [0.1, 0.15) is 15.7 Å². The zero-order valence-corrected chi connectivity index (χ0v) is 11.0. The molecular formula is C12H16FNO3S. The number of rotatable bonds is 6. The van der Waals surface area contributed by atoms with Gasteiger partial charge >= 0.3 is 0 Å². The van der Waals surface area contributed by atoms with Crippen LogP contribution < -0.4 is 5.73 Å². The summed E-state index contributed by atoms with van der Waals surface area (Å²) in [6, 6.07) is 4.02. The lowest BCUT2D eigenvalue weighted by molar-refractivity contribution is 0.0982. The van der Waals surface area contributed by atoms with Crippen LogP contribution in [0.2, 0.25) is 0 Å². The zero-order chi connectivity index (χ0) is 13.8. The smallest absolute Gasteiger partial charge is 0.165 e. The molecule has 0 aliphatic heterocycles. The Hall–Kier alpha value is -1.43. The van der Waals surface area contributed by atoms with Gasteiger partial charge in [0.15, 0.2) is 5.78 Å². The number of hydrogen-bond donors (Lipinski definition) is 1. The second kappa shape index (κ2) is 5.95. The first kappa shape index (κ1) is 14.6. The summed E-state index contributed by atoms with van der Waals surface area (Å²) in [5.41, 5.74) is 5.39. The van der Waals surface area contributed by atoms with Gasteiger partial charge in [-0.3, -0.25) is 4.79 Å². The lowest BCUT2D eigenvalue weighted by atomic mass is 10.1. The number of ketones is 1. The molecule has 0 heterocycles. The van der Waals surface area contributed by atoms with E-state index in [1.807, 2.05) is 0 Å². The van der Waals surface area contributed by atoms with Crippen molar-refractivity contribution in [3.63, 3.8) is 0 Å². The van der Waals surface area contributed by atoms with Crippen molar-refractivity contribution in [3.8, 4) is 0 Å². The SMILES string of the molecule is CCS(=O)(=O)CCCC(=O)c1cccc(F)c1N. The monoisotopic (exact) mass is 273 g/mol. The number of anilines is 1. The van der Waals surface area contributed by atoms with E-state index in [0.29, 0.717) is 0 Å². The molecule has 1 aromatic rings. The van der Waals surface area contributed by atoms with Crippen LogP contribution in [0, 0.1) is 5.82 Å². The molecule has 1 aromatic carbocycles. The van der Waals surface area contributed by atoms with E-state index >= 15 is 0 Å². The maximum Gasteiger partial charge on any atom is 0.165 e. The van der Waals surface area contributed by atoms with Gasteiger partial charge < -0.3 is 5.73 Å². The highest BCUT2D eigenvalue weighted by Crippen LogP contribution is 2.18. The van der Waals surface area contributed by atoms with Crippen LogP contribution in [0.25, 0.3) is 0 Å². The lowest BCUT2D eigenvalue weighted by Gasteiger charge is -2.05. The molecule has 100 valence electrons. The van der Waals surface area contributed by atoms with E-state index in [0.717, 1.165) is 0 Å². The van der Waals surface area contributed by atoms with Crippen LogP contribution in [0.15, 0.2) is 18.2 Å². The topological polar surface area (TPSA) is 77.2 Å². The highest BCUT2D eigenvalue weighted by Gasteiger charge is 2.14. The molecule has 0 aromatic heterocycles. The number of carbonyl (C=O) groups excluding carboxylic acids is 1. The molecule has 0 fully saturated rings. The van der Waals surface area contributed by atoms with Gasteiger partial charge in [-0.2, -0.15) is 0 Å². The van der Waals surface area contributed by atoms with Crippen LogP contribution in [0.5, 0.6) is 0 Å². The summed E-state index contributed by atoms with van der Waals surface area (Å²) in [5.74, 6) is -0.950. The van der Waals surface area contributed by atoms with E-state index in [1.165, 1.54) is 18.2 Å². The summed E-state index contributed by atoms with van der Waals surface area (Å²) in [4.78, 5) is 11.8. The summed E-state index contributed by atoms with van der Waals surface area (Å²) in [6.07, 6.45) is 0.276. The standard InChI is InChI=1S/C12H16FNO3S/c1-2-18(16,17)8-4-7-11(15)9-5-3-6-10(13)12(9)14/h3,5-6H,2,4,7-8,14H2,1H3. The number of hydrogen-bond acceptors (Lipinski definition) is 4. The van der Waals surface area contributed by atoms with Crippen LogP contribution in [0.4, 0.5) is 10.1 Å². The molecule has 0 saturated heterocycles. The minimum absolute atomic E-state index is 0.0372. The van der Waals surface area contributed by atoms with Gasteiger partial charge in [-0.1, -0.05) is 13.0 Å². The number of para-hydroxylation sites is 1. The van der Waals surface area contributed by atoms with E-state index in [9.17, 15) is 17.6 Å². The molecule has 0 unspecified atom stereocenters. The summed E-state index contributed by atoms with van der Waals surface area (Å²) >= 11 is 0. The molecule has 2 N–H and O–H groups in total. The number of Topliss-reactive ketones (excluding diaryl/α,β-unsaturated/α-hetero) is 1. The van der Waals surface area contributed by atoms with Crippen LogP contribution in [0.1, 0.15) is 30.1 Å². The molecule has 1 rings (SSSR count). The Bertz CT molecular complexity index is 540. The van der Waals surface area contributed by atoms with Gasteiger partial charge in [0, 0.05) is 17.7 Å². The highest BCUT2D eigenvalue weighted by molar-refractivity contribution is 7.91. The molecule has 0 radical (unpaired) electrons. The third-order valence-corrected chi connectivity index (χ3v) is 4.44. The van der Waals surface area contributed by atoms with Crippen molar-refractivity contribution in [1.29, 1.82) is 0 Å². The Morgan fingerprint density at radius 3 is 2.67 bits per heavy atom. The van der Waals surface area contributed by atoms with Gasteiger partial charge in [-0.25, -0.2) is 12.8 Å². The molecule has 6 heteroatoms. The predicted octanol–water partition coefficient (Wildman–Crippen LogP) is 1.81. The van der Waals surface area contributed by atoms with E-state index < -0.39 is 15.7 Å². The van der Waals surface area contributed by atoms with Gasteiger partial charge in [-0.05, 0) is 18.6 Å². The number of halogens is 1. The fourth-order valence-corrected chi connectivity index (χ4v) is 2.38. The number of sulfone groups is 1. The second-order valence-electron chi connectivity index (χ2n) is 3.96. The Morgan fingerprint density at radius 1 is 1.39 bits per heavy atom. The number of carbonyl (C=O) groups is 1. The first-order valence-corrected chi connectivity index (χ1v) is 7.47. The van der Waals surface area contributed by atoms with Gasteiger partial charge in [0.05, 0.1) is 11.4 Å². The van der Waals surface area contributed by atoms with E-state index in [1.54, 1.807) is 6.92 Å². The van der Waals surface area contributed by atoms with Crippen molar-refractivity contribution < 1.29 is 17.6 Å². The third-order valence-electron chi connectivity index (χ3n) is 2.65. The summed E-state index contributed by atoms with van der Waals surface area (Å²) in [6.45, 7) is 1.56. The van der Waals surface area contributed by atoms with E-state index in [2.05, 4.69) is 0 Å². The Kier molecular flexibility index (Phi) is 4.84. The van der Waals surface area contributed by atoms with Crippen molar-refractivity contribution in [3.05, 3.63) is 29.6 Å². The highest BCUT2D eigenvalue weighted by atomic mass is 32.2. The molecule has 0 spiro atoms. The lowest BCUT2D eigenvalue weighted by Crippen LogP contribution is -2.11. The normalized spacial score (nSPS) is 11.4. The summed E-state index contributed by atoms with van der Waals surface area (Å²) in [7, 11) is -3.07. The first-order chi connectivity index (χ1) is 8.37. The fourth-order valence-electron chi connectivity index (χ4n) is 1.51. The number of nitrogens with two attached hydrogens (primary N) is 1. The maximum absolute atomic E-state index is 13.1. The Balaban J connectivity index is 2.64. The van der Waals surface area contributed by atoms with Gasteiger partial charge in [0.25, 0.3) is 0 Å². The molecule has 0 atom stereocenters. The second-order valence-corrected chi connectivity index (χ2v) is 6.44. The third kappa shape index (κ3) is 3.80. The molecular weight excluding hydrogens is 257 g/mol. The van der Waals surface area contributed by atoms with Crippen molar-refractivity contribution >= 4 is 21.3 Å². The Morgan fingerprint density at radius 2 is 2.06 bits per heavy atom. The quantitative estimate of drug-likeness (QED) is 0.633. The molecule has 18 heavy (non-hydrogen) atoms. The van der Waals surface area contributed by atoms with E-state index in [-0.39, 0.29) is 41.4 Å². The first-order valence-electron chi connectivity index (χ1n) is 5.65. The van der Waals surface area contributed by atoms with Crippen LogP contribution in [0.3, 0.4) is 0 Å². The molecule has 0 aliphatic carbocycles. The maximum atomic E-state index is 13.1. The van der Waals surface area contributed by atoms with Crippen LogP contribution in [-0.4, -0.2) is 25.7 Å². The summed E-state index contributed by atoms with van der Waals surface area (Å²) < 4.78 is 35.6. The molecule has 0 aliphatic rings. The Labute approximate surface area is 106 Å². The number of nitrogen functional groups attached to an aromatic ring is 1. The molecule has 0 saturated carbocycles. The average molecular weight is 273 g/mol. The van der Waals surface area contributed by atoms with E-state index in [4.69, 9.17) is 5.73 Å².